The molecule has 0 aliphatic rings. The van der Waals surface area contributed by atoms with E-state index in [4.69, 9.17) is 14.2 Å². The minimum Gasteiger partial charge on any atom is -0.497 e. The van der Waals surface area contributed by atoms with E-state index in [1.807, 2.05) is 66.7 Å². The van der Waals surface area contributed by atoms with Crippen molar-refractivity contribution in [1.29, 1.82) is 0 Å². The van der Waals surface area contributed by atoms with E-state index in [0.29, 0.717) is 39.2 Å². The first-order chi connectivity index (χ1) is 19.9. The zero-order valence-corrected chi connectivity index (χ0v) is 22.7. The topological polar surface area (TPSA) is 119 Å². The van der Waals surface area contributed by atoms with Gasteiger partial charge in [-0.2, -0.15) is 0 Å². The number of hydrogen-bond acceptors (Lipinski definition) is 6. The molecule has 2 amide bonds. The van der Waals surface area contributed by atoms with Crippen molar-refractivity contribution in [1.82, 2.24) is 4.98 Å². The van der Waals surface area contributed by atoms with Crippen molar-refractivity contribution in [2.75, 3.05) is 24.4 Å². The van der Waals surface area contributed by atoms with Crippen LogP contribution in [0.2, 0.25) is 0 Å². The molecule has 0 radical (unpaired) electrons. The average Bonchev–Trinajstić information content (AvgIpc) is 3.42. The summed E-state index contributed by atoms with van der Waals surface area (Å²) in [7, 11) is 1.58. The van der Waals surface area contributed by atoms with Crippen LogP contribution in [0, 0.1) is 0 Å². The molecule has 0 saturated heterocycles. The molecule has 9 nitrogen and oxygen atoms in total. The highest BCUT2D eigenvalue weighted by atomic mass is 16.5. The lowest BCUT2D eigenvalue weighted by atomic mass is 9.98. The van der Waals surface area contributed by atoms with Gasteiger partial charge in [0, 0.05) is 22.0 Å². The molecule has 208 valence electrons. The number of hydrogen-bond donors (Lipinski definition) is 3. The van der Waals surface area contributed by atoms with Gasteiger partial charge in [-0.25, -0.2) is 4.79 Å². The normalized spacial score (nSPS) is 10.8. The van der Waals surface area contributed by atoms with Gasteiger partial charge < -0.3 is 24.5 Å². The molecule has 0 aliphatic carbocycles. The maximum absolute atomic E-state index is 13.4. The van der Waals surface area contributed by atoms with Crippen LogP contribution in [-0.4, -0.2) is 36.7 Å². The number of amides is 2. The van der Waals surface area contributed by atoms with Crippen LogP contribution in [0.5, 0.6) is 5.75 Å². The maximum Gasteiger partial charge on any atom is 0.411 e. The number of anilines is 2. The number of benzene rings is 4. The number of ether oxygens (including phenoxy) is 3. The quantitative estimate of drug-likeness (QED) is 0.182. The van der Waals surface area contributed by atoms with Crippen LogP contribution in [0.3, 0.4) is 0 Å². The number of H-pyrrole nitrogens is 1. The lowest BCUT2D eigenvalue weighted by molar-refractivity contribution is -0.142. The molecule has 0 bridgehead atoms. The summed E-state index contributed by atoms with van der Waals surface area (Å²) in [4.78, 5) is 41.9. The molecule has 1 heterocycles. The standard InChI is InChI=1S/C32H29N3O6/c1-3-40-30(36)17-25-23-11-7-8-12-24(23)27(35-32(38)41-19-20-9-5-4-6-10-20)18-28(25)34-31(37)29-16-21-15-22(39-2)13-14-26(21)33-29/h4-16,18,33H,3,17,19H2,1-2H3,(H,34,37)(H,35,38). The summed E-state index contributed by atoms with van der Waals surface area (Å²) in [6.07, 6.45) is -0.730. The number of carbonyl (C=O) groups excluding carboxylic acids is 3. The van der Waals surface area contributed by atoms with Crippen LogP contribution < -0.4 is 15.4 Å². The first-order valence-corrected chi connectivity index (χ1v) is 13.1. The van der Waals surface area contributed by atoms with Crippen molar-refractivity contribution in [2.24, 2.45) is 0 Å². The highest BCUT2D eigenvalue weighted by molar-refractivity contribution is 6.11. The molecule has 9 heteroatoms. The van der Waals surface area contributed by atoms with E-state index in [-0.39, 0.29) is 19.6 Å². The molecule has 3 N–H and O–H groups in total. The van der Waals surface area contributed by atoms with Crippen molar-refractivity contribution in [2.45, 2.75) is 20.0 Å². The Kier molecular flexibility index (Phi) is 8.15. The van der Waals surface area contributed by atoms with Crippen LogP contribution >= 0.6 is 0 Å². The monoisotopic (exact) mass is 551 g/mol. The first-order valence-electron chi connectivity index (χ1n) is 13.1. The molecular weight excluding hydrogens is 522 g/mol. The van der Waals surface area contributed by atoms with Crippen LogP contribution in [0.15, 0.2) is 84.9 Å². The maximum atomic E-state index is 13.4. The number of aromatic nitrogens is 1. The highest BCUT2D eigenvalue weighted by Crippen LogP contribution is 2.34. The third kappa shape index (κ3) is 6.30. The molecule has 0 fully saturated rings. The van der Waals surface area contributed by atoms with Gasteiger partial charge >= 0.3 is 12.1 Å². The van der Waals surface area contributed by atoms with Crippen molar-refractivity contribution < 1.29 is 28.6 Å². The van der Waals surface area contributed by atoms with Gasteiger partial charge in [0.25, 0.3) is 5.91 Å². The highest BCUT2D eigenvalue weighted by Gasteiger charge is 2.20. The molecule has 0 aliphatic heterocycles. The van der Waals surface area contributed by atoms with Gasteiger partial charge in [-0.1, -0.05) is 54.6 Å². The lowest BCUT2D eigenvalue weighted by Gasteiger charge is -2.18. The summed E-state index contributed by atoms with van der Waals surface area (Å²) >= 11 is 0. The molecule has 5 rings (SSSR count). The Morgan fingerprint density at radius 2 is 1.56 bits per heavy atom. The Balaban J connectivity index is 1.49. The number of fused-ring (bicyclic) bond motifs is 2. The van der Waals surface area contributed by atoms with Gasteiger partial charge in [-0.3, -0.25) is 14.9 Å². The number of nitrogens with one attached hydrogen (secondary N) is 3. The van der Waals surface area contributed by atoms with E-state index in [2.05, 4.69) is 15.6 Å². The summed E-state index contributed by atoms with van der Waals surface area (Å²) < 4.78 is 15.9. The molecular formula is C32H29N3O6. The predicted molar refractivity (Wildman–Crippen MR) is 157 cm³/mol. The van der Waals surface area contributed by atoms with Crippen molar-refractivity contribution >= 4 is 51.0 Å². The van der Waals surface area contributed by atoms with E-state index in [9.17, 15) is 14.4 Å². The van der Waals surface area contributed by atoms with E-state index in [1.165, 1.54) is 0 Å². The predicted octanol–water partition coefficient (Wildman–Crippen LogP) is 6.44. The van der Waals surface area contributed by atoms with E-state index in [1.54, 1.807) is 32.2 Å². The number of rotatable bonds is 9. The number of methoxy groups -OCH3 is 1. The minimum absolute atomic E-state index is 0.0768. The molecule has 0 unspecified atom stereocenters. The average molecular weight is 552 g/mol. The fourth-order valence-electron chi connectivity index (χ4n) is 4.62. The summed E-state index contributed by atoms with van der Waals surface area (Å²) in [6.45, 7) is 2.06. The largest absolute Gasteiger partial charge is 0.497 e. The van der Waals surface area contributed by atoms with Crippen molar-refractivity contribution in [3.8, 4) is 5.75 Å². The van der Waals surface area contributed by atoms with Crippen molar-refractivity contribution in [3.63, 3.8) is 0 Å². The second-order valence-corrected chi connectivity index (χ2v) is 9.25. The van der Waals surface area contributed by atoms with Gasteiger partial charge in [0.1, 0.15) is 18.1 Å². The SMILES string of the molecule is CCOC(=O)Cc1c(NC(=O)c2cc3cc(OC)ccc3[nH]2)cc(NC(=O)OCc2ccccc2)c2ccccc12. The fourth-order valence-corrected chi connectivity index (χ4v) is 4.62. The summed E-state index contributed by atoms with van der Waals surface area (Å²) in [5.74, 6) is -0.184. The second-order valence-electron chi connectivity index (χ2n) is 9.25. The van der Waals surface area contributed by atoms with Gasteiger partial charge in [0.15, 0.2) is 0 Å². The fraction of sp³-hybridized carbons (Fsp3) is 0.156. The summed E-state index contributed by atoms with van der Waals surface area (Å²) in [5.41, 5.74) is 3.28. The van der Waals surface area contributed by atoms with Gasteiger partial charge in [-0.15, -0.1) is 0 Å². The minimum atomic E-state index is -0.654. The molecule has 0 atom stereocenters. The molecule has 0 spiro atoms. The lowest BCUT2D eigenvalue weighted by Crippen LogP contribution is -2.18. The van der Waals surface area contributed by atoms with Crippen LogP contribution in [0.25, 0.3) is 21.7 Å². The van der Waals surface area contributed by atoms with Crippen molar-refractivity contribution in [3.05, 3.63) is 102 Å². The van der Waals surface area contributed by atoms with Crippen LogP contribution in [0.4, 0.5) is 16.2 Å². The van der Waals surface area contributed by atoms with E-state index < -0.39 is 18.0 Å². The Morgan fingerprint density at radius 3 is 2.32 bits per heavy atom. The first kappa shape index (κ1) is 27.3. The van der Waals surface area contributed by atoms with Crippen LogP contribution in [0.1, 0.15) is 28.5 Å². The second kappa shape index (κ2) is 12.3. The smallest absolute Gasteiger partial charge is 0.411 e. The number of aromatic amines is 1. The third-order valence-corrected chi connectivity index (χ3v) is 6.55. The van der Waals surface area contributed by atoms with Gasteiger partial charge in [0.05, 0.1) is 25.8 Å². The number of carbonyl (C=O) groups is 3. The van der Waals surface area contributed by atoms with E-state index >= 15 is 0 Å². The Labute approximate surface area is 236 Å². The Morgan fingerprint density at radius 1 is 0.805 bits per heavy atom. The summed E-state index contributed by atoms with van der Waals surface area (Å²) in [6, 6.07) is 25.5. The van der Waals surface area contributed by atoms with Gasteiger partial charge in [0.2, 0.25) is 0 Å². The molecule has 41 heavy (non-hydrogen) atoms. The zero-order chi connectivity index (χ0) is 28.8. The van der Waals surface area contributed by atoms with E-state index in [0.717, 1.165) is 16.5 Å². The van der Waals surface area contributed by atoms with Gasteiger partial charge in [-0.05, 0) is 53.8 Å². The summed E-state index contributed by atoms with van der Waals surface area (Å²) in [5, 5.41) is 7.89. The third-order valence-electron chi connectivity index (χ3n) is 6.55. The Bertz CT molecular complexity index is 1730. The number of esters is 1. The molecule has 1 aromatic heterocycles. The molecule has 4 aromatic carbocycles. The Hall–Kier alpha value is -5.31. The van der Waals surface area contributed by atoms with Crippen LogP contribution in [-0.2, 0) is 27.3 Å². The molecule has 5 aromatic rings. The molecule has 0 saturated carbocycles. The zero-order valence-electron chi connectivity index (χ0n) is 22.7.